The Hall–Kier alpha value is -2.33. The van der Waals surface area contributed by atoms with Crippen LogP contribution in [-0.2, 0) is 0 Å². The van der Waals surface area contributed by atoms with Gasteiger partial charge in [0.05, 0.1) is 17.7 Å². The third kappa shape index (κ3) is 3.47. The zero-order valence-corrected chi connectivity index (χ0v) is 15.0. The van der Waals surface area contributed by atoms with E-state index in [9.17, 15) is 9.90 Å². The van der Waals surface area contributed by atoms with Gasteiger partial charge in [-0.3, -0.25) is 4.79 Å². The highest BCUT2D eigenvalue weighted by atomic mass is 16.3. The SMILES string of the molecule is O=C(NC(c1ccccc1)C1CC(O)C1)c1ccccc1N1CCCC1. The summed E-state index contributed by atoms with van der Waals surface area (Å²) in [6.07, 6.45) is 3.62. The molecule has 0 aromatic heterocycles. The highest BCUT2D eigenvalue weighted by Gasteiger charge is 2.36. The van der Waals surface area contributed by atoms with Crippen molar-refractivity contribution in [3.8, 4) is 0 Å². The number of anilines is 1. The van der Waals surface area contributed by atoms with Gasteiger partial charge in [0.1, 0.15) is 0 Å². The van der Waals surface area contributed by atoms with E-state index in [1.165, 1.54) is 12.8 Å². The van der Waals surface area contributed by atoms with Crippen molar-refractivity contribution in [3.05, 3.63) is 65.7 Å². The van der Waals surface area contributed by atoms with Gasteiger partial charge in [-0.1, -0.05) is 42.5 Å². The number of nitrogens with one attached hydrogen (secondary N) is 1. The molecule has 1 amide bonds. The van der Waals surface area contributed by atoms with Gasteiger partial charge in [0.25, 0.3) is 5.91 Å². The average Bonchev–Trinajstić information content (AvgIpc) is 3.19. The fourth-order valence-corrected chi connectivity index (χ4v) is 4.15. The Bertz CT molecular complexity index is 750. The van der Waals surface area contributed by atoms with Crippen molar-refractivity contribution in [2.45, 2.75) is 37.8 Å². The predicted octanol–water partition coefficient (Wildman–Crippen LogP) is 3.53. The molecule has 0 bridgehead atoms. The number of benzene rings is 2. The van der Waals surface area contributed by atoms with Crippen LogP contribution >= 0.6 is 0 Å². The van der Waals surface area contributed by atoms with Crippen LogP contribution in [0, 0.1) is 5.92 Å². The van der Waals surface area contributed by atoms with E-state index in [1.54, 1.807) is 0 Å². The second-order valence-electron chi connectivity index (χ2n) is 7.46. The van der Waals surface area contributed by atoms with E-state index < -0.39 is 0 Å². The lowest BCUT2D eigenvalue weighted by atomic mass is 9.75. The number of carbonyl (C=O) groups excluding carboxylic acids is 1. The second kappa shape index (κ2) is 7.50. The standard InChI is InChI=1S/C22H26N2O2/c25-18-14-17(15-18)21(16-8-2-1-3-9-16)23-22(26)19-10-4-5-11-20(19)24-12-6-7-13-24/h1-5,8-11,17-18,21,25H,6-7,12-15H2,(H,23,26). The number of para-hydroxylation sites is 1. The van der Waals surface area contributed by atoms with Crippen molar-refractivity contribution < 1.29 is 9.90 Å². The molecule has 1 aliphatic carbocycles. The van der Waals surface area contributed by atoms with Crippen LogP contribution in [0.2, 0.25) is 0 Å². The van der Waals surface area contributed by atoms with Crippen LogP contribution in [0.4, 0.5) is 5.69 Å². The number of hydrogen-bond acceptors (Lipinski definition) is 3. The summed E-state index contributed by atoms with van der Waals surface area (Å²) < 4.78 is 0. The number of nitrogens with zero attached hydrogens (tertiary/aromatic N) is 1. The van der Waals surface area contributed by atoms with E-state index in [0.717, 1.165) is 42.7 Å². The Morgan fingerprint density at radius 3 is 2.35 bits per heavy atom. The first-order valence-corrected chi connectivity index (χ1v) is 9.60. The van der Waals surface area contributed by atoms with Gasteiger partial charge in [-0.25, -0.2) is 0 Å². The normalized spacial score (nSPS) is 23.3. The third-order valence-corrected chi connectivity index (χ3v) is 5.66. The fourth-order valence-electron chi connectivity index (χ4n) is 4.15. The average molecular weight is 350 g/mol. The minimum atomic E-state index is -0.236. The van der Waals surface area contributed by atoms with Gasteiger partial charge in [-0.05, 0) is 49.3 Å². The van der Waals surface area contributed by atoms with Crippen molar-refractivity contribution in [1.29, 1.82) is 0 Å². The fraction of sp³-hybridized carbons (Fsp3) is 0.409. The smallest absolute Gasteiger partial charge is 0.253 e. The van der Waals surface area contributed by atoms with E-state index in [4.69, 9.17) is 0 Å². The van der Waals surface area contributed by atoms with Crippen molar-refractivity contribution >= 4 is 11.6 Å². The van der Waals surface area contributed by atoms with Crippen molar-refractivity contribution in [2.24, 2.45) is 5.92 Å². The Balaban J connectivity index is 1.57. The summed E-state index contributed by atoms with van der Waals surface area (Å²) >= 11 is 0. The molecule has 2 fully saturated rings. The van der Waals surface area contributed by atoms with E-state index in [0.29, 0.717) is 0 Å². The van der Waals surface area contributed by atoms with Gasteiger partial charge in [-0.2, -0.15) is 0 Å². The quantitative estimate of drug-likeness (QED) is 0.867. The van der Waals surface area contributed by atoms with Crippen LogP contribution in [0.25, 0.3) is 0 Å². The van der Waals surface area contributed by atoms with Crippen LogP contribution in [0.3, 0.4) is 0 Å². The minimum absolute atomic E-state index is 0.0252. The van der Waals surface area contributed by atoms with E-state index >= 15 is 0 Å². The summed E-state index contributed by atoms with van der Waals surface area (Å²) in [5, 5.41) is 13.0. The molecule has 0 radical (unpaired) electrons. The highest BCUT2D eigenvalue weighted by molar-refractivity contribution is 6.00. The van der Waals surface area contributed by atoms with Crippen molar-refractivity contribution in [3.63, 3.8) is 0 Å². The Morgan fingerprint density at radius 2 is 1.65 bits per heavy atom. The molecule has 1 saturated heterocycles. The molecule has 4 nitrogen and oxygen atoms in total. The molecule has 1 saturated carbocycles. The van der Waals surface area contributed by atoms with Gasteiger partial charge in [0.2, 0.25) is 0 Å². The zero-order valence-electron chi connectivity index (χ0n) is 15.0. The summed E-state index contributed by atoms with van der Waals surface area (Å²) in [6, 6.07) is 17.9. The van der Waals surface area contributed by atoms with E-state index in [1.807, 2.05) is 42.5 Å². The first-order chi connectivity index (χ1) is 12.7. The maximum absolute atomic E-state index is 13.1. The summed E-state index contributed by atoms with van der Waals surface area (Å²) in [5.41, 5.74) is 2.88. The maximum atomic E-state index is 13.1. The molecule has 4 rings (SSSR count). The summed E-state index contributed by atoms with van der Waals surface area (Å²) in [6.45, 7) is 2.03. The number of hydrogen-bond donors (Lipinski definition) is 2. The molecule has 2 aliphatic rings. The van der Waals surface area contributed by atoms with Gasteiger partial charge in [0, 0.05) is 18.8 Å². The Labute approximate surface area is 154 Å². The van der Waals surface area contributed by atoms with Crippen molar-refractivity contribution in [1.82, 2.24) is 5.32 Å². The lowest BCUT2D eigenvalue weighted by Crippen LogP contribution is -2.41. The monoisotopic (exact) mass is 350 g/mol. The van der Waals surface area contributed by atoms with Crippen LogP contribution in [0.15, 0.2) is 54.6 Å². The van der Waals surface area contributed by atoms with Crippen LogP contribution < -0.4 is 10.2 Å². The van der Waals surface area contributed by atoms with Gasteiger partial charge in [-0.15, -0.1) is 0 Å². The molecule has 4 heteroatoms. The molecule has 2 aromatic rings. The number of amides is 1. The van der Waals surface area contributed by atoms with Crippen LogP contribution in [0.5, 0.6) is 0 Å². The first kappa shape index (κ1) is 17.1. The topological polar surface area (TPSA) is 52.6 Å². The van der Waals surface area contributed by atoms with Crippen LogP contribution in [-0.4, -0.2) is 30.2 Å². The molecule has 136 valence electrons. The largest absolute Gasteiger partial charge is 0.393 e. The van der Waals surface area contributed by atoms with Crippen LogP contribution in [0.1, 0.15) is 47.6 Å². The number of aliphatic hydroxyl groups is 1. The predicted molar refractivity (Wildman–Crippen MR) is 103 cm³/mol. The molecule has 1 aliphatic heterocycles. The first-order valence-electron chi connectivity index (χ1n) is 9.60. The molecule has 2 N–H and O–H groups in total. The number of carbonyl (C=O) groups is 1. The number of aliphatic hydroxyl groups excluding tert-OH is 1. The Morgan fingerprint density at radius 1 is 1.00 bits per heavy atom. The molecule has 1 unspecified atom stereocenters. The summed E-state index contributed by atoms with van der Waals surface area (Å²) in [4.78, 5) is 15.4. The maximum Gasteiger partial charge on any atom is 0.253 e. The van der Waals surface area contributed by atoms with Gasteiger partial charge in [0.15, 0.2) is 0 Å². The van der Waals surface area contributed by atoms with Crippen molar-refractivity contribution in [2.75, 3.05) is 18.0 Å². The summed E-state index contributed by atoms with van der Waals surface area (Å²) in [5.74, 6) is 0.262. The third-order valence-electron chi connectivity index (χ3n) is 5.66. The lowest BCUT2D eigenvalue weighted by molar-refractivity contribution is 0.0235. The lowest BCUT2D eigenvalue weighted by Gasteiger charge is -2.38. The Kier molecular flexibility index (Phi) is 4.93. The zero-order chi connectivity index (χ0) is 17.9. The molecule has 1 heterocycles. The highest BCUT2D eigenvalue weighted by Crippen LogP contribution is 2.38. The molecular formula is C22H26N2O2. The molecular weight excluding hydrogens is 324 g/mol. The van der Waals surface area contributed by atoms with Gasteiger partial charge >= 0.3 is 0 Å². The summed E-state index contributed by atoms with van der Waals surface area (Å²) in [7, 11) is 0. The van der Waals surface area contributed by atoms with Gasteiger partial charge < -0.3 is 15.3 Å². The molecule has 1 atom stereocenters. The van der Waals surface area contributed by atoms with E-state index in [2.05, 4.69) is 22.3 Å². The minimum Gasteiger partial charge on any atom is -0.393 e. The van der Waals surface area contributed by atoms with E-state index in [-0.39, 0.29) is 24.0 Å². The number of rotatable bonds is 5. The molecule has 2 aromatic carbocycles. The second-order valence-corrected chi connectivity index (χ2v) is 7.46. The molecule has 0 spiro atoms. The molecule has 26 heavy (non-hydrogen) atoms.